The zero-order chi connectivity index (χ0) is 14.5. The van der Waals surface area contributed by atoms with Crippen molar-refractivity contribution in [1.29, 1.82) is 0 Å². The molecule has 2 rings (SSSR count). The van der Waals surface area contributed by atoms with Gasteiger partial charge >= 0.3 is 0 Å². The van der Waals surface area contributed by atoms with Crippen molar-refractivity contribution in [1.82, 2.24) is 15.5 Å². The first kappa shape index (κ1) is 14.5. The molecule has 1 aromatic heterocycles. The van der Waals surface area contributed by atoms with Crippen molar-refractivity contribution < 1.29 is 4.79 Å². The number of hydrogen-bond acceptors (Lipinski definition) is 5. The monoisotopic (exact) mass is 290 g/mol. The van der Waals surface area contributed by atoms with Crippen LogP contribution in [0.1, 0.15) is 20.4 Å². The van der Waals surface area contributed by atoms with Crippen molar-refractivity contribution >= 4 is 22.9 Å². The van der Waals surface area contributed by atoms with Gasteiger partial charge in [0.2, 0.25) is 0 Å². The van der Waals surface area contributed by atoms with Crippen LogP contribution in [-0.2, 0) is 6.42 Å². The molecule has 0 spiro atoms. The van der Waals surface area contributed by atoms with E-state index in [-0.39, 0.29) is 5.91 Å². The van der Waals surface area contributed by atoms with Crippen LogP contribution in [0.25, 0.3) is 0 Å². The third kappa shape index (κ3) is 3.77. The molecule has 0 radical (unpaired) electrons. The molecule has 0 saturated heterocycles. The lowest BCUT2D eigenvalue weighted by atomic mass is 10.2. The predicted molar refractivity (Wildman–Crippen MR) is 81.5 cm³/mol. The van der Waals surface area contributed by atoms with Gasteiger partial charge in [0.25, 0.3) is 5.91 Å². The first-order valence-corrected chi connectivity index (χ1v) is 7.22. The average molecular weight is 290 g/mol. The number of amides is 1. The highest BCUT2D eigenvalue weighted by atomic mass is 32.1. The molecule has 1 heterocycles. The molecule has 106 valence electrons. The van der Waals surface area contributed by atoms with E-state index in [1.165, 1.54) is 0 Å². The number of benzene rings is 1. The van der Waals surface area contributed by atoms with E-state index in [4.69, 9.17) is 0 Å². The van der Waals surface area contributed by atoms with Gasteiger partial charge in [-0.3, -0.25) is 4.79 Å². The predicted octanol–water partition coefficient (Wildman–Crippen LogP) is 1.89. The molecule has 1 aromatic carbocycles. The fraction of sp³-hybridized carbons (Fsp3) is 0.357. The number of nitrogens with zero attached hydrogens (tertiary/aromatic N) is 3. The molecule has 6 heteroatoms. The molecule has 0 unspecified atom stereocenters. The second kappa shape index (κ2) is 6.47. The van der Waals surface area contributed by atoms with E-state index in [1.807, 2.05) is 50.2 Å². The second-order valence-corrected chi connectivity index (χ2v) is 5.93. The Morgan fingerprint density at radius 2 is 2.15 bits per heavy atom. The average Bonchev–Trinajstić information content (AvgIpc) is 2.84. The number of rotatable bonds is 5. The molecule has 0 saturated carbocycles. The third-order valence-corrected chi connectivity index (χ3v) is 3.72. The summed E-state index contributed by atoms with van der Waals surface area (Å²) in [6.45, 7) is 2.49. The smallest absolute Gasteiger partial charge is 0.251 e. The number of carbonyl (C=O) groups excluding carboxylic acids is 1. The maximum absolute atomic E-state index is 12.1. The number of anilines is 1. The van der Waals surface area contributed by atoms with Crippen LogP contribution in [0, 0.1) is 6.92 Å². The highest BCUT2D eigenvalue weighted by molar-refractivity contribution is 7.11. The molecule has 5 nitrogen and oxygen atoms in total. The van der Waals surface area contributed by atoms with Crippen LogP contribution in [0.4, 0.5) is 5.69 Å². The fourth-order valence-electron chi connectivity index (χ4n) is 1.75. The SMILES string of the molecule is Cc1nnc(CCNC(=O)c2cccc(N(C)C)c2)s1. The van der Waals surface area contributed by atoms with E-state index in [0.717, 1.165) is 15.7 Å². The summed E-state index contributed by atoms with van der Waals surface area (Å²) in [5.74, 6) is -0.0602. The van der Waals surface area contributed by atoms with Crippen molar-refractivity contribution in [2.75, 3.05) is 25.5 Å². The van der Waals surface area contributed by atoms with Gasteiger partial charge in [0.05, 0.1) is 0 Å². The summed E-state index contributed by atoms with van der Waals surface area (Å²) >= 11 is 1.56. The highest BCUT2D eigenvalue weighted by Gasteiger charge is 2.07. The number of aromatic nitrogens is 2. The fourth-order valence-corrected chi connectivity index (χ4v) is 2.46. The minimum Gasteiger partial charge on any atom is -0.378 e. The maximum Gasteiger partial charge on any atom is 0.251 e. The van der Waals surface area contributed by atoms with Crippen LogP contribution < -0.4 is 10.2 Å². The Kier molecular flexibility index (Phi) is 4.68. The van der Waals surface area contributed by atoms with Gasteiger partial charge in [-0.25, -0.2) is 0 Å². The van der Waals surface area contributed by atoms with Crippen LogP contribution >= 0.6 is 11.3 Å². The molecule has 2 aromatic rings. The number of aryl methyl sites for hydroxylation is 1. The van der Waals surface area contributed by atoms with Gasteiger partial charge in [-0.05, 0) is 25.1 Å². The summed E-state index contributed by atoms with van der Waals surface area (Å²) in [6, 6.07) is 7.56. The lowest BCUT2D eigenvalue weighted by molar-refractivity contribution is 0.0954. The Labute approximate surface area is 122 Å². The molecule has 20 heavy (non-hydrogen) atoms. The Hall–Kier alpha value is -1.95. The van der Waals surface area contributed by atoms with Gasteiger partial charge in [-0.2, -0.15) is 0 Å². The largest absolute Gasteiger partial charge is 0.378 e. The van der Waals surface area contributed by atoms with Gasteiger partial charge in [-0.15, -0.1) is 21.5 Å². The van der Waals surface area contributed by atoms with Gasteiger partial charge in [0.15, 0.2) is 0 Å². The van der Waals surface area contributed by atoms with Crippen LogP contribution in [0.15, 0.2) is 24.3 Å². The van der Waals surface area contributed by atoms with Crippen LogP contribution in [0.5, 0.6) is 0 Å². The molecule has 0 fully saturated rings. The molecule has 0 aliphatic rings. The van der Waals surface area contributed by atoms with E-state index < -0.39 is 0 Å². The van der Waals surface area contributed by atoms with Gasteiger partial charge < -0.3 is 10.2 Å². The highest BCUT2D eigenvalue weighted by Crippen LogP contribution is 2.13. The number of carbonyl (C=O) groups is 1. The van der Waals surface area contributed by atoms with E-state index >= 15 is 0 Å². The Morgan fingerprint density at radius 3 is 2.80 bits per heavy atom. The normalized spacial score (nSPS) is 10.3. The second-order valence-electron chi connectivity index (χ2n) is 4.67. The molecule has 0 aliphatic carbocycles. The first-order valence-electron chi connectivity index (χ1n) is 6.41. The van der Waals surface area contributed by atoms with Crippen molar-refractivity contribution in [2.45, 2.75) is 13.3 Å². The molecule has 0 atom stereocenters. The van der Waals surface area contributed by atoms with Gasteiger partial charge in [-0.1, -0.05) is 6.07 Å². The zero-order valence-electron chi connectivity index (χ0n) is 11.9. The number of nitrogens with one attached hydrogen (secondary N) is 1. The summed E-state index contributed by atoms with van der Waals surface area (Å²) in [4.78, 5) is 14.0. The Bertz CT molecular complexity index is 594. The van der Waals surface area contributed by atoms with Gasteiger partial charge in [0.1, 0.15) is 10.0 Å². The molecule has 1 N–H and O–H groups in total. The van der Waals surface area contributed by atoms with Crippen LogP contribution in [0.2, 0.25) is 0 Å². The third-order valence-electron chi connectivity index (χ3n) is 2.82. The Morgan fingerprint density at radius 1 is 1.35 bits per heavy atom. The minimum absolute atomic E-state index is 0.0602. The van der Waals surface area contributed by atoms with Gasteiger partial charge in [0, 0.05) is 38.3 Å². The lowest BCUT2D eigenvalue weighted by Crippen LogP contribution is -2.25. The minimum atomic E-state index is -0.0602. The topological polar surface area (TPSA) is 58.1 Å². The zero-order valence-corrected chi connectivity index (χ0v) is 12.7. The van der Waals surface area contributed by atoms with E-state index in [0.29, 0.717) is 18.5 Å². The molecule has 0 aliphatic heterocycles. The summed E-state index contributed by atoms with van der Waals surface area (Å²) in [5.41, 5.74) is 1.68. The molecule has 0 bridgehead atoms. The van der Waals surface area contributed by atoms with Crippen LogP contribution in [-0.4, -0.2) is 36.7 Å². The summed E-state index contributed by atoms with van der Waals surface area (Å²) < 4.78 is 0. The van der Waals surface area contributed by atoms with Crippen molar-refractivity contribution in [2.24, 2.45) is 0 Å². The molecular formula is C14H18N4OS. The lowest BCUT2D eigenvalue weighted by Gasteiger charge is -2.13. The summed E-state index contributed by atoms with van der Waals surface area (Å²) in [7, 11) is 3.91. The van der Waals surface area contributed by atoms with Crippen LogP contribution in [0.3, 0.4) is 0 Å². The van der Waals surface area contributed by atoms with Crippen molar-refractivity contribution in [3.8, 4) is 0 Å². The number of hydrogen-bond donors (Lipinski definition) is 1. The van der Waals surface area contributed by atoms with Crippen molar-refractivity contribution in [3.63, 3.8) is 0 Å². The summed E-state index contributed by atoms with van der Waals surface area (Å²) in [5, 5.41) is 12.8. The standard InChI is InChI=1S/C14H18N4OS/c1-10-16-17-13(20-10)7-8-15-14(19)11-5-4-6-12(9-11)18(2)3/h4-6,9H,7-8H2,1-3H3,(H,15,19). The molecule has 1 amide bonds. The van der Waals surface area contributed by atoms with Crippen molar-refractivity contribution in [3.05, 3.63) is 39.8 Å². The Balaban J connectivity index is 1.90. The van der Waals surface area contributed by atoms with E-state index in [9.17, 15) is 4.79 Å². The first-order chi connectivity index (χ1) is 9.56. The molecular weight excluding hydrogens is 272 g/mol. The maximum atomic E-state index is 12.1. The van der Waals surface area contributed by atoms with E-state index in [2.05, 4.69) is 15.5 Å². The van der Waals surface area contributed by atoms with E-state index in [1.54, 1.807) is 11.3 Å². The quantitative estimate of drug-likeness (QED) is 0.913. The summed E-state index contributed by atoms with van der Waals surface area (Å²) in [6.07, 6.45) is 0.713.